The first kappa shape index (κ1) is 19.5. The van der Waals surface area contributed by atoms with Gasteiger partial charge >= 0.3 is 0 Å². The van der Waals surface area contributed by atoms with Crippen LogP contribution in [-0.2, 0) is 11.3 Å². The molecule has 4 aromatic rings. The number of hydrogen-bond acceptors (Lipinski definition) is 5. The summed E-state index contributed by atoms with van der Waals surface area (Å²) in [5, 5.41) is 9.76. The van der Waals surface area contributed by atoms with Crippen LogP contribution in [0.4, 0.5) is 0 Å². The molecule has 3 heterocycles. The van der Waals surface area contributed by atoms with Crippen LogP contribution >= 0.6 is 0 Å². The summed E-state index contributed by atoms with van der Waals surface area (Å²) in [6.45, 7) is 3.89. The number of nitrogens with zero attached hydrogens (tertiary/aromatic N) is 5. The van der Waals surface area contributed by atoms with Gasteiger partial charge in [-0.05, 0) is 31.9 Å². The fourth-order valence-corrected chi connectivity index (χ4v) is 4.18. The lowest BCUT2D eigenvalue weighted by Crippen LogP contribution is -2.34. The van der Waals surface area contributed by atoms with Gasteiger partial charge < -0.3 is 9.42 Å². The average molecular weight is 415 g/mol. The number of para-hydroxylation sites is 1. The topological polar surface area (TPSA) is 77.0 Å². The van der Waals surface area contributed by atoms with Gasteiger partial charge in [0.1, 0.15) is 6.54 Å². The lowest BCUT2D eigenvalue weighted by Gasteiger charge is -2.20. The summed E-state index contributed by atoms with van der Waals surface area (Å²) in [5.41, 5.74) is 3.52. The molecule has 1 saturated heterocycles. The molecule has 0 unspecified atom stereocenters. The zero-order chi connectivity index (χ0) is 21.2. The molecule has 2 aromatic carbocycles. The van der Waals surface area contributed by atoms with E-state index in [1.807, 2.05) is 60.4 Å². The van der Waals surface area contributed by atoms with Crippen LogP contribution in [0.1, 0.15) is 31.2 Å². The first-order valence-corrected chi connectivity index (χ1v) is 10.8. The molecule has 0 spiro atoms. The van der Waals surface area contributed by atoms with Crippen LogP contribution in [0.15, 0.2) is 53.1 Å². The maximum absolute atomic E-state index is 12.9. The molecule has 1 aliphatic heterocycles. The normalized spacial score (nSPS) is 14.7. The van der Waals surface area contributed by atoms with Crippen molar-refractivity contribution in [2.24, 2.45) is 0 Å². The highest BCUT2D eigenvalue weighted by molar-refractivity contribution is 5.92. The van der Waals surface area contributed by atoms with E-state index in [1.165, 1.54) is 12.8 Å². The van der Waals surface area contributed by atoms with Crippen molar-refractivity contribution in [3.8, 4) is 23.0 Å². The Morgan fingerprint density at radius 3 is 2.65 bits per heavy atom. The third kappa shape index (κ3) is 3.95. The van der Waals surface area contributed by atoms with Gasteiger partial charge in [0, 0.05) is 24.0 Å². The number of amides is 1. The molecule has 1 fully saturated rings. The largest absolute Gasteiger partial charge is 0.341 e. The second kappa shape index (κ2) is 8.34. The monoisotopic (exact) mass is 415 g/mol. The summed E-state index contributed by atoms with van der Waals surface area (Å²) in [4.78, 5) is 19.5. The van der Waals surface area contributed by atoms with E-state index in [4.69, 9.17) is 9.62 Å². The van der Waals surface area contributed by atoms with E-state index >= 15 is 0 Å². The van der Waals surface area contributed by atoms with Gasteiger partial charge in [0.25, 0.3) is 5.89 Å². The molecule has 7 nitrogen and oxygen atoms in total. The van der Waals surface area contributed by atoms with Gasteiger partial charge in [-0.15, -0.1) is 0 Å². The Hall–Kier alpha value is -3.48. The Morgan fingerprint density at radius 1 is 1.03 bits per heavy atom. The summed E-state index contributed by atoms with van der Waals surface area (Å²) in [6, 6.07) is 15.8. The van der Waals surface area contributed by atoms with Gasteiger partial charge in [0.05, 0.1) is 5.52 Å². The van der Waals surface area contributed by atoms with Gasteiger partial charge in [0.15, 0.2) is 5.69 Å². The van der Waals surface area contributed by atoms with E-state index in [1.54, 1.807) is 4.68 Å². The standard InChI is InChI=1S/C24H25N5O2/c1-17-9-8-10-18(15-17)23-25-24(31-27-23)22-19-11-4-5-12-20(19)29(26-22)16-21(30)28-13-6-2-3-7-14-28/h4-5,8-12,15H,2-3,6-7,13-14,16H2,1H3. The zero-order valence-electron chi connectivity index (χ0n) is 17.6. The number of carbonyl (C=O) groups is 1. The van der Waals surface area contributed by atoms with Gasteiger partial charge in [0.2, 0.25) is 11.7 Å². The molecule has 2 aromatic heterocycles. The summed E-state index contributed by atoms with van der Waals surface area (Å²) in [6.07, 6.45) is 4.53. The highest BCUT2D eigenvalue weighted by Gasteiger charge is 2.22. The number of benzene rings is 2. The summed E-state index contributed by atoms with van der Waals surface area (Å²) < 4.78 is 7.33. The van der Waals surface area contributed by atoms with Crippen LogP contribution in [0.2, 0.25) is 0 Å². The lowest BCUT2D eigenvalue weighted by atomic mass is 10.1. The molecule has 0 N–H and O–H groups in total. The van der Waals surface area contributed by atoms with E-state index in [0.717, 1.165) is 48.0 Å². The molecular formula is C24H25N5O2. The number of aryl methyl sites for hydroxylation is 1. The number of fused-ring (bicyclic) bond motifs is 1. The van der Waals surface area contributed by atoms with Gasteiger partial charge in [-0.3, -0.25) is 9.48 Å². The quantitative estimate of drug-likeness (QED) is 0.492. The van der Waals surface area contributed by atoms with Crippen LogP contribution in [0, 0.1) is 6.92 Å². The Balaban J connectivity index is 1.47. The number of aromatic nitrogens is 4. The van der Waals surface area contributed by atoms with Crippen LogP contribution in [-0.4, -0.2) is 43.8 Å². The second-order valence-corrected chi connectivity index (χ2v) is 8.11. The zero-order valence-corrected chi connectivity index (χ0v) is 17.6. The molecule has 5 rings (SSSR count). The fourth-order valence-electron chi connectivity index (χ4n) is 4.18. The molecule has 0 aliphatic carbocycles. The highest BCUT2D eigenvalue weighted by Crippen LogP contribution is 2.29. The molecule has 0 saturated carbocycles. The number of hydrogen-bond donors (Lipinski definition) is 0. The minimum absolute atomic E-state index is 0.104. The van der Waals surface area contributed by atoms with E-state index in [0.29, 0.717) is 17.4 Å². The first-order chi connectivity index (χ1) is 15.2. The van der Waals surface area contributed by atoms with Crippen molar-refractivity contribution in [1.82, 2.24) is 24.8 Å². The Labute approximate surface area is 180 Å². The van der Waals surface area contributed by atoms with Crippen molar-refractivity contribution in [3.63, 3.8) is 0 Å². The van der Waals surface area contributed by atoms with E-state index in [9.17, 15) is 4.79 Å². The predicted octanol–water partition coefficient (Wildman–Crippen LogP) is 4.46. The average Bonchev–Trinajstić information content (AvgIpc) is 3.30. The van der Waals surface area contributed by atoms with Crippen LogP contribution in [0.3, 0.4) is 0 Å². The van der Waals surface area contributed by atoms with Gasteiger partial charge in [-0.25, -0.2) is 0 Å². The van der Waals surface area contributed by atoms with Gasteiger partial charge in [-0.1, -0.05) is 60.0 Å². The molecule has 0 bridgehead atoms. The van der Waals surface area contributed by atoms with Crippen molar-refractivity contribution in [2.45, 2.75) is 39.2 Å². The number of rotatable bonds is 4. The summed E-state index contributed by atoms with van der Waals surface area (Å²) in [7, 11) is 0. The maximum Gasteiger partial charge on any atom is 0.279 e. The molecular weight excluding hydrogens is 390 g/mol. The van der Waals surface area contributed by atoms with Crippen molar-refractivity contribution in [1.29, 1.82) is 0 Å². The van der Waals surface area contributed by atoms with E-state index in [-0.39, 0.29) is 12.5 Å². The fraction of sp³-hybridized carbons (Fsp3) is 0.333. The molecule has 1 aliphatic rings. The first-order valence-electron chi connectivity index (χ1n) is 10.8. The Bertz CT molecular complexity index is 1220. The SMILES string of the molecule is Cc1cccc(-c2noc(-c3nn(CC(=O)N4CCCCCC4)c4ccccc34)n2)c1. The van der Waals surface area contributed by atoms with Crippen molar-refractivity contribution < 1.29 is 9.32 Å². The number of likely N-dealkylation sites (tertiary alicyclic amines) is 1. The van der Waals surface area contributed by atoms with Crippen LogP contribution in [0.25, 0.3) is 33.9 Å². The molecule has 7 heteroatoms. The lowest BCUT2D eigenvalue weighted by molar-refractivity contribution is -0.131. The summed E-state index contributed by atoms with van der Waals surface area (Å²) in [5.74, 6) is 0.985. The van der Waals surface area contributed by atoms with Crippen LogP contribution in [0.5, 0.6) is 0 Å². The van der Waals surface area contributed by atoms with E-state index < -0.39 is 0 Å². The predicted molar refractivity (Wildman–Crippen MR) is 118 cm³/mol. The Morgan fingerprint density at radius 2 is 1.84 bits per heavy atom. The second-order valence-electron chi connectivity index (χ2n) is 8.11. The smallest absolute Gasteiger partial charge is 0.279 e. The van der Waals surface area contributed by atoms with Gasteiger partial charge in [-0.2, -0.15) is 10.1 Å². The molecule has 31 heavy (non-hydrogen) atoms. The van der Waals surface area contributed by atoms with E-state index in [2.05, 4.69) is 10.1 Å². The molecule has 158 valence electrons. The minimum atomic E-state index is 0.104. The summed E-state index contributed by atoms with van der Waals surface area (Å²) >= 11 is 0. The molecule has 0 atom stereocenters. The van der Waals surface area contributed by atoms with Crippen LogP contribution < -0.4 is 0 Å². The van der Waals surface area contributed by atoms with Crippen molar-refractivity contribution >= 4 is 16.8 Å². The molecule has 0 radical (unpaired) electrons. The Kier molecular flexibility index (Phi) is 5.24. The van der Waals surface area contributed by atoms with Crippen molar-refractivity contribution in [3.05, 3.63) is 54.1 Å². The minimum Gasteiger partial charge on any atom is -0.341 e. The third-order valence-electron chi connectivity index (χ3n) is 5.81. The van der Waals surface area contributed by atoms with Crippen molar-refractivity contribution in [2.75, 3.05) is 13.1 Å². The highest BCUT2D eigenvalue weighted by atomic mass is 16.5. The molecule has 1 amide bonds. The maximum atomic E-state index is 12.9. The number of carbonyl (C=O) groups excluding carboxylic acids is 1. The third-order valence-corrected chi connectivity index (χ3v) is 5.81.